The van der Waals surface area contributed by atoms with Crippen molar-refractivity contribution in [3.8, 4) is 11.8 Å². The lowest BCUT2D eigenvalue weighted by molar-refractivity contribution is 0.0666. The number of alkyl halides is 1. The molecule has 136 valence electrons. The number of benzene rings is 1. The summed E-state index contributed by atoms with van der Waals surface area (Å²) in [6.45, 7) is 2.82. The number of likely N-dealkylation sites (tertiary alicyclic amines) is 1. The van der Waals surface area contributed by atoms with Crippen LogP contribution in [0, 0.1) is 18.3 Å². The zero-order chi connectivity index (χ0) is 19.0. The van der Waals surface area contributed by atoms with E-state index in [1.807, 2.05) is 35.9 Å². The van der Waals surface area contributed by atoms with Gasteiger partial charge in [0.15, 0.2) is 0 Å². The van der Waals surface area contributed by atoms with Gasteiger partial charge < -0.3 is 9.47 Å². The maximum atomic E-state index is 13.4. The van der Waals surface area contributed by atoms with E-state index in [0.717, 1.165) is 22.3 Å². The molecule has 0 saturated carbocycles. The molecule has 27 heavy (non-hydrogen) atoms. The van der Waals surface area contributed by atoms with Crippen molar-refractivity contribution >= 4 is 16.9 Å². The Hall–Kier alpha value is -3.20. The highest BCUT2D eigenvalue weighted by Gasteiger charge is 2.25. The highest BCUT2D eigenvalue weighted by molar-refractivity contribution is 5.99. The van der Waals surface area contributed by atoms with Crippen LogP contribution in [0.4, 0.5) is 4.39 Å². The second-order valence-electron chi connectivity index (χ2n) is 6.85. The largest absolute Gasteiger partial charge is 0.338 e. The number of hydrogen-bond donors (Lipinski definition) is 0. The maximum Gasteiger partial charge on any atom is 0.255 e. The highest BCUT2D eigenvalue weighted by atomic mass is 19.1. The number of amides is 1. The second-order valence-corrected chi connectivity index (χ2v) is 6.85. The quantitative estimate of drug-likeness (QED) is 0.697. The molecule has 0 N–H and O–H groups in total. The van der Waals surface area contributed by atoms with Gasteiger partial charge in [-0.25, -0.2) is 9.37 Å². The Morgan fingerprint density at radius 3 is 2.59 bits per heavy atom. The normalized spacial score (nSPS) is 15.1. The van der Waals surface area contributed by atoms with Crippen LogP contribution in [-0.2, 0) is 0 Å². The first-order chi connectivity index (χ1) is 13.1. The van der Waals surface area contributed by atoms with Crippen molar-refractivity contribution in [2.45, 2.75) is 25.9 Å². The third-order valence-corrected chi connectivity index (χ3v) is 5.20. The number of fused-ring (bicyclic) bond motifs is 1. The average Bonchev–Trinajstić information content (AvgIpc) is 3.13. The molecule has 1 aliphatic heterocycles. The molecule has 3 aromatic rings. The van der Waals surface area contributed by atoms with E-state index >= 15 is 0 Å². The maximum absolute atomic E-state index is 13.4. The number of hydrogen-bond acceptors (Lipinski definition) is 3. The number of carbonyl (C=O) groups is 1. The van der Waals surface area contributed by atoms with Gasteiger partial charge in [-0.3, -0.25) is 4.79 Å². The van der Waals surface area contributed by atoms with E-state index in [2.05, 4.69) is 11.1 Å². The first-order valence-corrected chi connectivity index (χ1v) is 8.99. The Kier molecular flexibility index (Phi) is 4.36. The summed E-state index contributed by atoms with van der Waals surface area (Å²) < 4.78 is 15.3. The Morgan fingerprint density at radius 2 is 1.93 bits per heavy atom. The van der Waals surface area contributed by atoms with Crippen LogP contribution < -0.4 is 0 Å². The van der Waals surface area contributed by atoms with E-state index in [9.17, 15) is 9.18 Å². The van der Waals surface area contributed by atoms with Gasteiger partial charge in [0.2, 0.25) is 0 Å². The summed E-state index contributed by atoms with van der Waals surface area (Å²) in [4.78, 5) is 19.1. The third kappa shape index (κ3) is 3.06. The fraction of sp³-hybridized carbons (Fsp3) is 0.286. The Morgan fingerprint density at radius 1 is 1.22 bits per heavy atom. The standard InChI is InChI=1S/C21H19FN4O/c1-14-18-8-11-26(17-4-2-15(12-23)3-5-17)20(18)24-13-19(14)21(27)25-9-6-16(22)7-10-25/h2-5,8,11,13,16H,6-7,9-10H2,1H3. The molecule has 0 spiro atoms. The molecule has 5 nitrogen and oxygen atoms in total. The van der Waals surface area contributed by atoms with Crippen molar-refractivity contribution < 1.29 is 9.18 Å². The second kappa shape index (κ2) is 6.84. The number of carbonyl (C=O) groups excluding carboxylic acids is 1. The zero-order valence-electron chi connectivity index (χ0n) is 15.0. The molecule has 1 aromatic carbocycles. The predicted molar refractivity (Wildman–Crippen MR) is 101 cm³/mol. The molecule has 1 aliphatic rings. The van der Waals surface area contributed by atoms with Gasteiger partial charge in [0, 0.05) is 36.6 Å². The summed E-state index contributed by atoms with van der Waals surface area (Å²) in [7, 11) is 0. The molecule has 6 heteroatoms. The molecule has 0 atom stereocenters. The Labute approximate surface area is 156 Å². The zero-order valence-corrected chi connectivity index (χ0v) is 15.0. The highest BCUT2D eigenvalue weighted by Crippen LogP contribution is 2.26. The summed E-state index contributed by atoms with van der Waals surface area (Å²) in [5.74, 6) is -0.0834. The molecule has 2 aromatic heterocycles. The van der Waals surface area contributed by atoms with Gasteiger partial charge in [0.05, 0.1) is 17.2 Å². The smallest absolute Gasteiger partial charge is 0.255 e. The van der Waals surface area contributed by atoms with Crippen LogP contribution in [-0.4, -0.2) is 39.6 Å². The van der Waals surface area contributed by atoms with Crippen molar-refractivity contribution in [3.05, 3.63) is 59.4 Å². The van der Waals surface area contributed by atoms with E-state index in [-0.39, 0.29) is 5.91 Å². The molecule has 0 aliphatic carbocycles. The SMILES string of the molecule is Cc1c(C(=O)N2CCC(F)CC2)cnc2c1ccn2-c1ccc(C#N)cc1. The Balaban J connectivity index is 1.69. The topological polar surface area (TPSA) is 61.9 Å². The van der Waals surface area contributed by atoms with Crippen molar-refractivity contribution in [2.24, 2.45) is 0 Å². The molecule has 0 bridgehead atoms. The Bertz CT molecular complexity index is 1040. The van der Waals surface area contributed by atoms with Crippen LogP contribution in [0.5, 0.6) is 0 Å². The van der Waals surface area contributed by atoms with Crippen molar-refractivity contribution in [1.29, 1.82) is 5.26 Å². The molecule has 4 rings (SSSR count). The summed E-state index contributed by atoms with van der Waals surface area (Å²) in [5.41, 5.74) is 3.71. The third-order valence-electron chi connectivity index (χ3n) is 5.20. The summed E-state index contributed by atoms with van der Waals surface area (Å²) >= 11 is 0. The van der Waals surface area contributed by atoms with Crippen LogP contribution in [0.1, 0.15) is 34.3 Å². The van der Waals surface area contributed by atoms with Gasteiger partial charge in [0.25, 0.3) is 5.91 Å². The van der Waals surface area contributed by atoms with E-state index < -0.39 is 6.17 Å². The van der Waals surface area contributed by atoms with Crippen LogP contribution in [0.15, 0.2) is 42.7 Å². The molecule has 0 unspecified atom stereocenters. The van der Waals surface area contributed by atoms with E-state index in [4.69, 9.17) is 5.26 Å². The van der Waals surface area contributed by atoms with E-state index in [1.165, 1.54) is 0 Å². The van der Waals surface area contributed by atoms with Gasteiger partial charge >= 0.3 is 0 Å². The number of halogens is 1. The molecule has 1 fully saturated rings. The van der Waals surface area contributed by atoms with Gasteiger partial charge in [-0.2, -0.15) is 5.26 Å². The van der Waals surface area contributed by atoms with Crippen molar-refractivity contribution in [3.63, 3.8) is 0 Å². The molecule has 0 radical (unpaired) electrons. The lowest BCUT2D eigenvalue weighted by Crippen LogP contribution is -2.39. The molecule has 1 amide bonds. The number of nitriles is 1. The van der Waals surface area contributed by atoms with Crippen molar-refractivity contribution in [2.75, 3.05) is 13.1 Å². The van der Waals surface area contributed by atoms with Gasteiger partial charge in [-0.1, -0.05) is 0 Å². The van der Waals surface area contributed by atoms with Gasteiger partial charge in [-0.05, 0) is 55.7 Å². The lowest BCUT2D eigenvalue weighted by atomic mass is 10.0. The number of aromatic nitrogens is 2. The molecule has 1 saturated heterocycles. The van der Waals surface area contributed by atoms with Crippen LogP contribution in [0.25, 0.3) is 16.7 Å². The average molecular weight is 362 g/mol. The van der Waals surface area contributed by atoms with E-state index in [1.54, 1.807) is 23.2 Å². The number of rotatable bonds is 2. The number of piperidine rings is 1. The molecular formula is C21H19FN4O. The van der Waals surface area contributed by atoms with Gasteiger partial charge in [0.1, 0.15) is 11.8 Å². The van der Waals surface area contributed by atoms with Crippen molar-refractivity contribution in [1.82, 2.24) is 14.5 Å². The lowest BCUT2D eigenvalue weighted by Gasteiger charge is -2.29. The first kappa shape index (κ1) is 17.2. The number of aryl methyl sites for hydroxylation is 1. The first-order valence-electron chi connectivity index (χ1n) is 8.99. The fourth-order valence-corrected chi connectivity index (χ4v) is 3.56. The minimum Gasteiger partial charge on any atom is -0.338 e. The number of nitrogens with zero attached hydrogens (tertiary/aromatic N) is 4. The fourth-order valence-electron chi connectivity index (χ4n) is 3.56. The monoisotopic (exact) mass is 362 g/mol. The van der Waals surface area contributed by atoms with E-state index in [0.29, 0.717) is 37.1 Å². The minimum absolute atomic E-state index is 0.0834. The van der Waals surface area contributed by atoms with Crippen LogP contribution >= 0.6 is 0 Å². The summed E-state index contributed by atoms with van der Waals surface area (Å²) in [6.07, 6.45) is 3.51. The summed E-state index contributed by atoms with van der Waals surface area (Å²) in [6, 6.07) is 11.3. The molecule has 3 heterocycles. The molecular weight excluding hydrogens is 343 g/mol. The number of pyridine rings is 1. The van der Waals surface area contributed by atoms with Crippen LogP contribution in [0.2, 0.25) is 0 Å². The van der Waals surface area contributed by atoms with Gasteiger partial charge in [-0.15, -0.1) is 0 Å². The van der Waals surface area contributed by atoms with Crippen LogP contribution in [0.3, 0.4) is 0 Å². The summed E-state index contributed by atoms with van der Waals surface area (Å²) in [5, 5.41) is 9.85. The predicted octanol–water partition coefficient (Wildman–Crippen LogP) is 3.78. The minimum atomic E-state index is -0.808.